The van der Waals surface area contributed by atoms with Crippen LogP contribution < -0.4 is 10.1 Å². The molecule has 2 aromatic rings. The largest absolute Gasteiger partial charge is 0.493 e. The van der Waals surface area contributed by atoms with Crippen LogP contribution in [0.15, 0.2) is 54.6 Å². The Hall–Kier alpha value is -2.29. The van der Waals surface area contributed by atoms with E-state index in [0.29, 0.717) is 17.9 Å². The van der Waals surface area contributed by atoms with Crippen molar-refractivity contribution < 1.29 is 9.53 Å². The van der Waals surface area contributed by atoms with Crippen LogP contribution in [-0.4, -0.2) is 18.9 Å². The molecule has 0 aliphatic carbocycles. The monoisotopic (exact) mass is 255 g/mol. The molecule has 0 aliphatic rings. The summed E-state index contributed by atoms with van der Waals surface area (Å²) in [6.45, 7) is 2.72. The van der Waals surface area contributed by atoms with Crippen molar-refractivity contribution in [2.45, 2.75) is 6.92 Å². The predicted molar refractivity (Wildman–Crippen MR) is 76.9 cm³/mol. The second kappa shape index (κ2) is 6.59. The highest BCUT2D eigenvalue weighted by Gasteiger charge is 2.11. The van der Waals surface area contributed by atoms with E-state index < -0.39 is 0 Å². The van der Waals surface area contributed by atoms with Crippen molar-refractivity contribution in [1.29, 1.82) is 0 Å². The molecular formula is C16H17NO2. The number of hydrogen-bond donors (Lipinski definition) is 1. The van der Waals surface area contributed by atoms with Gasteiger partial charge in [-0.15, -0.1) is 0 Å². The molecule has 98 valence electrons. The molecule has 0 saturated heterocycles. The smallest absolute Gasteiger partial charge is 0.185 e. The number of para-hydroxylation sites is 2. The van der Waals surface area contributed by atoms with Crippen LogP contribution in [0.2, 0.25) is 0 Å². The van der Waals surface area contributed by atoms with Crippen molar-refractivity contribution in [2.24, 2.45) is 0 Å². The van der Waals surface area contributed by atoms with Gasteiger partial charge in [-0.25, -0.2) is 0 Å². The minimum Gasteiger partial charge on any atom is -0.493 e. The highest BCUT2D eigenvalue weighted by atomic mass is 16.5. The summed E-state index contributed by atoms with van der Waals surface area (Å²) >= 11 is 0. The van der Waals surface area contributed by atoms with Crippen molar-refractivity contribution >= 4 is 11.5 Å². The first-order valence-corrected chi connectivity index (χ1v) is 6.35. The summed E-state index contributed by atoms with van der Waals surface area (Å²) in [7, 11) is 0. The lowest BCUT2D eigenvalue weighted by atomic mass is 10.1. The number of benzene rings is 2. The molecule has 0 bridgehead atoms. The summed E-state index contributed by atoms with van der Waals surface area (Å²) in [5.41, 5.74) is 1.55. The maximum absolute atomic E-state index is 12.2. The molecule has 0 fully saturated rings. The highest BCUT2D eigenvalue weighted by Crippen LogP contribution is 2.18. The molecule has 0 unspecified atom stereocenters. The maximum Gasteiger partial charge on any atom is 0.185 e. The normalized spacial score (nSPS) is 9.95. The molecule has 0 saturated carbocycles. The van der Waals surface area contributed by atoms with E-state index in [4.69, 9.17) is 4.74 Å². The third kappa shape index (κ3) is 3.58. The number of rotatable bonds is 6. The zero-order chi connectivity index (χ0) is 13.5. The van der Waals surface area contributed by atoms with E-state index in [1.807, 2.05) is 55.5 Å². The number of carbonyl (C=O) groups is 1. The SMILES string of the molecule is CCOc1ccccc1C(=O)CNc1ccccc1. The Morgan fingerprint density at radius 3 is 2.47 bits per heavy atom. The Labute approximate surface area is 113 Å². The van der Waals surface area contributed by atoms with Crippen LogP contribution in [0.25, 0.3) is 0 Å². The molecule has 0 radical (unpaired) electrons. The Bertz CT molecular complexity index is 537. The van der Waals surface area contributed by atoms with E-state index in [9.17, 15) is 4.79 Å². The molecule has 19 heavy (non-hydrogen) atoms. The van der Waals surface area contributed by atoms with Crippen molar-refractivity contribution in [1.82, 2.24) is 0 Å². The van der Waals surface area contributed by atoms with Gasteiger partial charge in [0.15, 0.2) is 5.78 Å². The molecule has 0 aromatic heterocycles. The lowest BCUT2D eigenvalue weighted by Crippen LogP contribution is -2.15. The Balaban J connectivity index is 2.04. The lowest BCUT2D eigenvalue weighted by Gasteiger charge is -2.10. The molecule has 0 aliphatic heterocycles. The molecule has 1 N–H and O–H groups in total. The maximum atomic E-state index is 12.2. The quantitative estimate of drug-likeness (QED) is 0.804. The van der Waals surface area contributed by atoms with E-state index in [1.165, 1.54) is 0 Å². The summed E-state index contributed by atoms with van der Waals surface area (Å²) in [6, 6.07) is 17.0. The summed E-state index contributed by atoms with van der Waals surface area (Å²) < 4.78 is 5.46. The molecule has 2 aromatic carbocycles. The van der Waals surface area contributed by atoms with E-state index >= 15 is 0 Å². The summed E-state index contributed by atoms with van der Waals surface area (Å²) in [6.07, 6.45) is 0. The van der Waals surface area contributed by atoms with Gasteiger partial charge in [-0.3, -0.25) is 4.79 Å². The number of nitrogens with one attached hydrogen (secondary N) is 1. The van der Waals surface area contributed by atoms with Gasteiger partial charge < -0.3 is 10.1 Å². The average Bonchev–Trinajstić information content (AvgIpc) is 2.47. The first kappa shape index (κ1) is 13.1. The minimum atomic E-state index is 0.0212. The van der Waals surface area contributed by atoms with Gasteiger partial charge in [-0.1, -0.05) is 30.3 Å². The van der Waals surface area contributed by atoms with Crippen molar-refractivity contribution in [3.05, 3.63) is 60.2 Å². The standard InChI is InChI=1S/C16H17NO2/c1-2-19-16-11-7-6-10-14(16)15(18)12-17-13-8-4-3-5-9-13/h3-11,17H,2,12H2,1H3. The first-order valence-electron chi connectivity index (χ1n) is 6.35. The number of ketones is 1. The fourth-order valence-electron chi connectivity index (χ4n) is 1.81. The van der Waals surface area contributed by atoms with E-state index in [2.05, 4.69) is 5.32 Å². The second-order valence-corrected chi connectivity index (χ2v) is 4.07. The fourth-order valence-corrected chi connectivity index (χ4v) is 1.81. The number of ether oxygens (including phenoxy) is 1. The minimum absolute atomic E-state index is 0.0212. The van der Waals surface area contributed by atoms with Gasteiger partial charge in [0.2, 0.25) is 0 Å². The molecular weight excluding hydrogens is 238 g/mol. The fraction of sp³-hybridized carbons (Fsp3) is 0.188. The zero-order valence-corrected chi connectivity index (χ0v) is 10.9. The molecule has 3 heteroatoms. The highest BCUT2D eigenvalue weighted by molar-refractivity contribution is 6.01. The van der Waals surface area contributed by atoms with Gasteiger partial charge in [0.1, 0.15) is 5.75 Å². The molecule has 0 heterocycles. The Morgan fingerprint density at radius 1 is 1.05 bits per heavy atom. The van der Waals surface area contributed by atoms with Gasteiger partial charge in [0.25, 0.3) is 0 Å². The molecule has 2 rings (SSSR count). The first-order chi connectivity index (χ1) is 9.31. The summed E-state index contributed by atoms with van der Waals surface area (Å²) in [4.78, 5) is 12.2. The van der Waals surface area contributed by atoms with Gasteiger partial charge in [0.05, 0.1) is 18.7 Å². The zero-order valence-electron chi connectivity index (χ0n) is 10.9. The van der Waals surface area contributed by atoms with Gasteiger partial charge in [-0.2, -0.15) is 0 Å². The topological polar surface area (TPSA) is 38.3 Å². The number of hydrogen-bond acceptors (Lipinski definition) is 3. The molecule has 0 atom stereocenters. The molecule has 3 nitrogen and oxygen atoms in total. The van der Waals surface area contributed by atoms with Crippen molar-refractivity contribution in [3.63, 3.8) is 0 Å². The molecule has 0 spiro atoms. The van der Waals surface area contributed by atoms with Gasteiger partial charge >= 0.3 is 0 Å². The van der Waals surface area contributed by atoms with Gasteiger partial charge in [0, 0.05) is 5.69 Å². The third-order valence-corrected chi connectivity index (χ3v) is 2.71. The second-order valence-electron chi connectivity index (χ2n) is 4.07. The van der Waals surface area contributed by atoms with Gasteiger partial charge in [-0.05, 0) is 31.2 Å². The predicted octanol–water partition coefficient (Wildman–Crippen LogP) is 3.38. The van der Waals surface area contributed by atoms with E-state index in [-0.39, 0.29) is 12.3 Å². The van der Waals surface area contributed by atoms with Crippen molar-refractivity contribution in [2.75, 3.05) is 18.5 Å². The van der Waals surface area contributed by atoms with Crippen LogP contribution in [0.1, 0.15) is 17.3 Å². The van der Waals surface area contributed by atoms with E-state index in [1.54, 1.807) is 6.07 Å². The summed E-state index contributed by atoms with van der Waals surface area (Å²) in [5, 5.41) is 3.11. The average molecular weight is 255 g/mol. The summed E-state index contributed by atoms with van der Waals surface area (Å²) in [5.74, 6) is 0.665. The number of anilines is 1. The lowest BCUT2D eigenvalue weighted by molar-refractivity contribution is 0.100. The molecule has 0 amide bonds. The van der Waals surface area contributed by atoms with Crippen LogP contribution in [0.5, 0.6) is 5.75 Å². The number of Topliss-reactive ketones (excluding diaryl/α,β-unsaturated/α-hetero) is 1. The van der Waals surface area contributed by atoms with Crippen LogP contribution in [-0.2, 0) is 0 Å². The Kier molecular flexibility index (Phi) is 4.56. The van der Waals surface area contributed by atoms with Crippen molar-refractivity contribution in [3.8, 4) is 5.75 Å². The third-order valence-electron chi connectivity index (χ3n) is 2.71. The number of carbonyl (C=O) groups excluding carboxylic acids is 1. The Morgan fingerprint density at radius 2 is 1.74 bits per heavy atom. The van der Waals surface area contributed by atoms with Crippen LogP contribution in [0.4, 0.5) is 5.69 Å². The van der Waals surface area contributed by atoms with Crippen LogP contribution in [0, 0.1) is 0 Å². The van der Waals surface area contributed by atoms with Crippen LogP contribution in [0.3, 0.4) is 0 Å². The van der Waals surface area contributed by atoms with Crippen LogP contribution >= 0.6 is 0 Å². The van der Waals surface area contributed by atoms with E-state index in [0.717, 1.165) is 5.69 Å².